The van der Waals surface area contributed by atoms with Gasteiger partial charge in [0.15, 0.2) is 24.7 Å². The average molecular weight is 769 g/mol. The predicted octanol–water partition coefficient (Wildman–Crippen LogP) is 7.42. The highest BCUT2D eigenvalue weighted by molar-refractivity contribution is 7.10. The highest BCUT2D eigenvalue weighted by atomic mass is 32.1. The molecule has 0 fully saturated rings. The molecule has 4 unspecified atom stereocenters. The molecule has 54 heavy (non-hydrogen) atoms. The van der Waals surface area contributed by atoms with Crippen molar-refractivity contribution in [2.75, 3.05) is 28.2 Å². The van der Waals surface area contributed by atoms with Crippen LogP contribution in [-0.2, 0) is 19.1 Å². The summed E-state index contributed by atoms with van der Waals surface area (Å²) in [4.78, 5) is 31.8. The van der Waals surface area contributed by atoms with Gasteiger partial charge in [0.2, 0.25) is 0 Å². The zero-order chi connectivity index (χ0) is 38.2. The number of aliphatic hydroxyl groups excluding tert-OH is 2. The molecular formula is C42H44N2O8S2. The van der Waals surface area contributed by atoms with Crippen LogP contribution in [0, 0.1) is 0 Å². The molecule has 0 saturated carbocycles. The molecular weight excluding hydrogens is 725 g/mol. The van der Waals surface area contributed by atoms with Gasteiger partial charge in [-0.25, -0.2) is 9.59 Å². The summed E-state index contributed by atoms with van der Waals surface area (Å²) < 4.78 is 24.6. The molecule has 0 spiro atoms. The third kappa shape index (κ3) is 9.45. The normalized spacial score (nSPS) is 15.0. The summed E-state index contributed by atoms with van der Waals surface area (Å²) in [5.74, 6) is -1.00. The minimum absolute atomic E-state index is 0.194. The highest BCUT2D eigenvalue weighted by Gasteiger charge is 2.37. The van der Waals surface area contributed by atoms with Gasteiger partial charge in [0.1, 0.15) is 23.7 Å². The summed E-state index contributed by atoms with van der Waals surface area (Å²) in [6.45, 7) is 0. The van der Waals surface area contributed by atoms with E-state index in [1.54, 1.807) is 38.0 Å². The van der Waals surface area contributed by atoms with E-state index < -0.39 is 48.8 Å². The van der Waals surface area contributed by atoms with Gasteiger partial charge in [0.25, 0.3) is 0 Å². The second kappa shape index (κ2) is 18.0. The largest absolute Gasteiger partial charge is 0.484 e. The van der Waals surface area contributed by atoms with E-state index in [4.69, 9.17) is 18.9 Å². The van der Waals surface area contributed by atoms with Crippen LogP contribution in [0.3, 0.4) is 0 Å². The van der Waals surface area contributed by atoms with Gasteiger partial charge in [-0.2, -0.15) is 0 Å². The smallest absolute Gasteiger partial charge is 0.339 e. The Bertz CT molecular complexity index is 1960. The van der Waals surface area contributed by atoms with Crippen molar-refractivity contribution in [2.45, 2.75) is 49.7 Å². The van der Waals surface area contributed by atoms with Crippen LogP contribution in [0.25, 0.3) is 21.5 Å². The zero-order valence-electron chi connectivity index (χ0n) is 30.5. The number of nitrogens with zero attached hydrogens (tertiary/aromatic N) is 2. The monoisotopic (exact) mass is 768 g/mol. The Kier molecular flexibility index (Phi) is 13.0. The first-order valence-corrected chi connectivity index (χ1v) is 19.3. The fraction of sp³-hybridized carbons (Fsp3) is 0.286. The number of esters is 2. The number of ether oxygens (including phenoxy) is 4. The molecule has 0 bridgehead atoms. The Labute approximate surface area is 322 Å². The molecule has 10 nitrogen and oxygen atoms in total. The van der Waals surface area contributed by atoms with Crippen molar-refractivity contribution in [2.24, 2.45) is 0 Å². The van der Waals surface area contributed by atoms with Crippen molar-refractivity contribution in [3.63, 3.8) is 0 Å². The molecule has 0 amide bonds. The van der Waals surface area contributed by atoms with Crippen molar-refractivity contribution in [3.05, 3.63) is 130 Å². The molecule has 6 rings (SSSR count). The first-order valence-electron chi connectivity index (χ1n) is 17.5. The molecule has 2 N–H and O–H groups in total. The van der Waals surface area contributed by atoms with Gasteiger partial charge >= 0.3 is 11.9 Å². The van der Waals surface area contributed by atoms with Crippen LogP contribution in [0.2, 0.25) is 0 Å². The van der Waals surface area contributed by atoms with E-state index in [0.29, 0.717) is 11.5 Å². The maximum atomic E-state index is 13.3. The van der Waals surface area contributed by atoms with E-state index in [0.717, 1.165) is 31.3 Å². The quantitative estimate of drug-likeness (QED) is 0.0717. The van der Waals surface area contributed by atoms with Gasteiger partial charge in [-0.1, -0.05) is 84.9 Å². The topological polar surface area (TPSA) is 118 Å². The third-order valence-electron chi connectivity index (χ3n) is 9.03. The number of hydrogen-bond donors (Lipinski definition) is 2. The molecule has 6 aromatic rings. The molecule has 0 aliphatic rings. The van der Waals surface area contributed by atoms with Crippen molar-refractivity contribution in [1.29, 1.82) is 0 Å². The van der Waals surface area contributed by atoms with Crippen molar-refractivity contribution >= 4 is 56.2 Å². The molecule has 4 aromatic carbocycles. The zero-order valence-corrected chi connectivity index (χ0v) is 32.1. The summed E-state index contributed by atoms with van der Waals surface area (Å²) in [5.41, 5.74) is 0. The highest BCUT2D eigenvalue weighted by Crippen LogP contribution is 2.36. The second-order valence-corrected chi connectivity index (χ2v) is 15.2. The molecule has 0 saturated heterocycles. The van der Waals surface area contributed by atoms with Crippen LogP contribution >= 0.6 is 22.7 Å². The maximum absolute atomic E-state index is 13.3. The van der Waals surface area contributed by atoms with Gasteiger partial charge in [0.05, 0.1) is 0 Å². The minimum atomic E-state index is -2.21. The van der Waals surface area contributed by atoms with Gasteiger partial charge in [-0.3, -0.25) is 9.80 Å². The fourth-order valence-corrected chi connectivity index (χ4v) is 7.59. The van der Waals surface area contributed by atoms with Crippen molar-refractivity contribution in [3.8, 4) is 11.5 Å². The molecule has 12 heteroatoms. The second-order valence-electron chi connectivity index (χ2n) is 13.3. The average Bonchev–Trinajstić information content (AvgIpc) is 3.92. The lowest BCUT2D eigenvalue weighted by Gasteiger charge is -2.31. The van der Waals surface area contributed by atoms with Gasteiger partial charge in [0, 0.05) is 33.4 Å². The number of thiophene rings is 2. The Morgan fingerprint density at radius 3 is 1.31 bits per heavy atom. The number of hydrogen-bond acceptors (Lipinski definition) is 12. The maximum Gasteiger partial charge on any atom is 0.339 e. The Hall–Kier alpha value is -4.82. The van der Waals surface area contributed by atoms with Crippen molar-refractivity contribution in [1.82, 2.24) is 9.80 Å². The molecule has 6 atom stereocenters. The van der Waals surface area contributed by atoms with Crippen LogP contribution in [0.1, 0.15) is 34.8 Å². The first-order chi connectivity index (χ1) is 26.1. The molecule has 0 aliphatic heterocycles. The standard InChI is InChI=1S/C42H44N2O8S2/c1-43(2)37(25-33(35-21-11-23-53-35)49-31-19-9-15-27-13-5-7-17-29(27)31)51-41(47)39(45)40(46)42(48)52-38(44(3)4)26-34(36-22-12-24-54-36)50-32-20-10-16-28-14-6-8-18-30(28)32/h5-24,33-34,37-40,45-46H,25-26H2,1-4H3/t33-,34-,37?,38?,39?,40?/m0/s1. The van der Waals surface area contributed by atoms with E-state index in [-0.39, 0.29) is 12.8 Å². The van der Waals surface area contributed by atoms with Crippen LogP contribution < -0.4 is 9.47 Å². The Morgan fingerprint density at radius 1 is 0.556 bits per heavy atom. The number of benzene rings is 4. The van der Waals surface area contributed by atoms with E-state index in [1.165, 1.54) is 22.7 Å². The Balaban J connectivity index is 1.12. The number of aliphatic hydroxyl groups is 2. The first kappa shape index (κ1) is 38.9. The molecule has 2 heterocycles. The summed E-state index contributed by atoms with van der Waals surface area (Å²) in [6, 6.07) is 35.2. The SMILES string of the molecule is CN(C)C(C[C@H](Oc1cccc2ccccc12)c1cccs1)OC(=O)C(O)C(O)C(=O)OC(C[C@H](Oc1cccc2ccccc12)c1cccs1)N(C)C. The lowest BCUT2D eigenvalue weighted by Crippen LogP contribution is -2.47. The summed E-state index contributed by atoms with van der Waals surface area (Å²) >= 11 is 3.02. The fourth-order valence-electron chi connectivity index (χ4n) is 6.06. The summed E-state index contributed by atoms with van der Waals surface area (Å²) in [5, 5.41) is 29.7. The third-order valence-corrected chi connectivity index (χ3v) is 11.0. The summed E-state index contributed by atoms with van der Waals surface area (Å²) in [7, 11) is 6.91. The van der Waals surface area contributed by atoms with Gasteiger partial charge < -0.3 is 29.2 Å². The van der Waals surface area contributed by atoms with Gasteiger partial charge in [-0.15, -0.1) is 22.7 Å². The summed E-state index contributed by atoms with van der Waals surface area (Å²) in [6.07, 6.45) is -6.83. The number of carbonyl (C=O) groups is 2. The van der Waals surface area contributed by atoms with Crippen LogP contribution in [0.15, 0.2) is 120 Å². The van der Waals surface area contributed by atoms with Gasteiger partial charge in [-0.05, 0) is 74.0 Å². The van der Waals surface area contributed by atoms with E-state index in [1.807, 2.05) is 120 Å². The van der Waals surface area contributed by atoms with E-state index >= 15 is 0 Å². The van der Waals surface area contributed by atoms with Crippen LogP contribution in [0.4, 0.5) is 0 Å². The molecule has 282 valence electrons. The number of rotatable bonds is 17. The van der Waals surface area contributed by atoms with Crippen molar-refractivity contribution < 1.29 is 38.7 Å². The lowest BCUT2D eigenvalue weighted by molar-refractivity contribution is -0.188. The molecule has 2 aromatic heterocycles. The number of fused-ring (bicyclic) bond motifs is 2. The number of carbonyl (C=O) groups excluding carboxylic acids is 2. The van der Waals surface area contributed by atoms with Crippen LogP contribution in [0.5, 0.6) is 11.5 Å². The minimum Gasteiger partial charge on any atom is -0.484 e. The lowest BCUT2D eigenvalue weighted by atomic mass is 10.1. The van der Waals surface area contributed by atoms with E-state index in [9.17, 15) is 19.8 Å². The molecule has 0 radical (unpaired) electrons. The predicted molar refractivity (Wildman–Crippen MR) is 212 cm³/mol. The molecule has 0 aliphatic carbocycles. The van der Waals surface area contributed by atoms with E-state index in [2.05, 4.69) is 0 Å². The van der Waals surface area contributed by atoms with Crippen LogP contribution in [-0.4, -0.2) is 84.8 Å². The Morgan fingerprint density at radius 2 is 0.944 bits per heavy atom.